The number of carbonyl (C=O) groups is 2. The predicted octanol–water partition coefficient (Wildman–Crippen LogP) is 0.894. The first kappa shape index (κ1) is 25.0. The number of hydrogen-bond donors (Lipinski definition) is 0. The van der Waals surface area contributed by atoms with Crippen LogP contribution in [0.25, 0.3) is 0 Å². The predicted molar refractivity (Wildman–Crippen MR) is 75.0 cm³/mol. The van der Waals surface area contributed by atoms with Crippen LogP contribution in [0, 0.1) is 0 Å². The molecule has 1 radical (unpaired) electrons. The number of carboxylic acid groups (broad SMARTS) is 2. The van der Waals surface area contributed by atoms with Crippen LogP contribution in [0.5, 0.6) is 0 Å². The van der Waals surface area contributed by atoms with Crippen molar-refractivity contribution in [3.8, 4) is 0 Å². The van der Waals surface area contributed by atoms with Gasteiger partial charge in [-0.1, -0.05) is 0 Å². The molecular formula is C14H28CoN2O4. The van der Waals surface area contributed by atoms with Gasteiger partial charge in [-0.3, -0.25) is 0 Å². The average molecular weight is 347 g/mol. The summed E-state index contributed by atoms with van der Waals surface area (Å²) in [5.41, 5.74) is 0. The average Bonchev–Trinajstić information content (AvgIpc) is 2.12. The summed E-state index contributed by atoms with van der Waals surface area (Å²) in [6.45, 7) is 14.6. The molecule has 21 heavy (non-hydrogen) atoms. The van der Waals surface area contributed by atoms with Gasteiger partial charge in [-0.25, -0.2) is 0 Å². The van der Waals surface area contributed by atoms with Crippen LogP contribution in [-0.2, 0) is 16.8 Å². The van der Waals surface area contributed by atoms with Crippen LogP contribution in [0.15, 0.2) is 0 Å². The summed E-state index contributed by atoms with van der Waals surface area (Å²) in [7, 11) is 0. The summed E-state index contributed by atoms with van der Waals surface area (Å²) >= 11 is 0. The van der Waals surface area contributed by atoms with Crippen molar-refractivity contribution in [1.29, 1.82) is 0 Å². The molecule has 0 aliphatic heterocycles. The SMILES string of the molecule is CC(C)N(C(=O)[O-])C(C)C.CC(C)N(C(=O)[O-])C(C)C.[Co+2]. The third-order valence-corrected chi connectivity index (χ3v) is 2.65. The molecule has 0 heterocycles. The topological polar surface area (TPSA) is 86.7 Å². The zero-order valence-corrected chi connectivity index (χ0v) is 15.2. The van der Waals surface area contributed by atoms with Crippen LogP contribution < -0.4 is 10.2 Å². The zero-order valence-electron chi connectivity index (χ0n) is 14.2. The largest absolute Gasteiger partial charge is 2.00 e. The molecule has 0 rings (SSSR count). The van der Waals surface area contributed by atoms with Gasteiger partial charge in [0.2, 0.25) is 0 Å². The second-order valence-electron chi connectivity index (χ2n) is 5.72. The van der Waals surface area contributed by atoms with E-state index >= 15 is 0 Å². The van der Waals surface area contributed by atoms with E-state index in [0.717, 1.165) is 0 Å². The van der Waals surface area contributed by atoms with Crippen molar-refractivity contribution >= 4 is 12.2 Å². The van der Waals surface area contributed by atoms with Crippen molar-refractivity contribution < 1.29 is 36.6 Å². The molecule has 0 N–H and O–H groups in total. The Morgan fingerprint density at radius 2 is 0.762 bits per heavy atom. The van der Waals surface area contributed by atoms with Gasteiger partial charge in [0.25, 0.3) is 0 Å². The fourth-order valence-corrected chi connectivity index (χ4v) is 2.04. The molecule has 0 aliphatic carbocycles. The number of carbonyl (C=O) groups excluding carboxylic acids is 2. The monoisotopic (exact) mass is 347 g/mol. The molecule has 127 valence electrons. The van der Waals surface area contributed by atoms with Gasteiger partial charge in [0.15, 0.2) is 0 Å². The first-order valence-corrected chi connectivity index (χ1v) is 6.92. The first-order chi connectivity index (χ1) is 8.93. The summed E-state index contributed by atoms with van der Waals surface area (Å²) in [6.07, 6.45) is -2.19. The Bertz CT molecular complexity index is 261. The minimum atomic E-state index is -1.09. The number of rotatable bonds is 4. The molecule has 0 saturated heterocycles. The van der Waals surface area contributed by atoms with Crippen LogP contribution in [0.3, 0.4) is 0 Å². The maximum atomic E-state index is 10.4. The number of amides is 2. The van der Waals surface area contributed by atoms with Gasteiger partial charge >= 0.3 is 16.8 Å². The minimum Gasteiger partial charge on any atom is -0.530 e. The molecule has 0 aromatic carbocycles. The van der Waals surface area contributed by atoms with Crippen molar-refractivity contribution in [2.24, 2.45) is 0 Å². The van der Waals surface area contributed by atoms with E-state index in [9.17, 15) is 19.8 Å². The Morgan fingerprint density at radius 1 is 0.619 bits per heavy atom. The second-order valence-corrected chi connectivity index (χ2v) is 5.72. The standard InChI is InChI=1S/2C7H15NO2.Co/c2*1-5(2)8(6(3)4)7(9)10;/h2*5-6H,1-4H3,(H,9,10);/q;;+2/p-2. The molecule has 0 bridgehead atoms. The van der Waals surface area contributed by atoms with Gasteiger partial charge in [0, 0.05) is 24.2 Å². The Labute approximate surface area is 138 Å². The normalized spacial score (nSPS) is 10.1. The summed E-state index contributed by atoms with van der Waals surface area (Å²) < 4.78 is 0. The third-order valence-electron chi connectivity index (χ3n) is 2.65. The van der Waals surface area contributed by atoms with E-state index in [1.807, 2.05) is 55.4 Å². The Morgan fingerprint density at radius 3 is 0.762 bits per heavy atom. The Hall–Kier alpha value is -0.954. The van der Waals surface area contributed by atoms with E-state index in [2.05, 4.69) is 0 Å². The van der Waals surface area contributed by atoms with Crippen LogP contribution in [0.1, 0.15) is 55.4 Å². The summed E-state index contributed by atoms with van der Waals surface area (Å²) in [4.78, 5) is 23.4. The third kappa shape index (κ3) is 10.4. The molecular weight excluding hydrogens is 319 g/mol. The molecule has 2 amide bonds. The van der Waals surface area contributed by atoms with E-state index in [-0.39, 0.29) is 40.9 Å². The van der Waals surface area contributed by atoms with Crippen molar-refractivity contribution in [3.05, 3.63) is 0 Å². The number of hydrogen-bond acceptors (Lipinski definition) is 4. The van der Waals surface area contributed by atoms with Crippen molar-refractivity contribution in [2.45, 2.75) is 79.6 Å². The maximum absolute atomic E-state index is 10.4. The van der Waals surface area contributed by atoms with Crippen LogP contribution in [0.4, 0.5) is 9.59 Å². The quantitative estimate of drug-likeness (QED) is 0.756. The summed E-state index contributed by atoms with van der Waals surface area (Å²) in [6, 6.07) is 0.0185. The molecule has 0 fully saturated rings. The van der Waals surface area contributed by atoms with Gasteiger partial charge in [0.05, 0.1) is 0 Å². The van der Waals surface area contributed by atoms with Crippen LogP contribution in [-0.4, -0.2) is 46.2 Å². The zero-order chi connectivity index (χ0) is 16.6. The fraction of sp³-hybridized carbons (Fsp3) is 0.857. The molecule has 0 aliphatic rings. The Kier molecular flexibility index (Phi) is 13.9. The molecule has 0 aromatic rings. The maximum Gasteiger partial charge on any atom is 2.00 e. The van der Waals surface area contributed by atoms with E-state index in [4.69, 9.17) is 0 Å². The van der Waals surface area contributed by atoms with Crippen molar-refractivity contribution in [3.63, 3.8) is 0 Å². The summed E-state index contributed by atoms with van der Waals surface area (Å²) in [5, 5.41) is 20.8. The molecule has 0 unspecified atom stereocenters. The second kappa shape index (κ2) is 11.7. The minimum absolute atomic E-state index is 0. The molecule has 0 saturated carbocycles. The smallest absolute Gasteiger partial charge is 0.530 e. The van der Waals surface area contributed by atoms with E-state index in [1.165, 1.54) is 9.80 Å². The molecule has 0 aromatic heterocycles. The van der Waals surface area contributed by atoms with Crippen molar-refractivity contribution in [2.75, 3.05) is 0 Å². The van der Waals surface area contributed by atoms with E-state index < -0.39 is 12.2 Å². The molecule has 0 spiro atoms. The van der Waals surface area contributed by atoms with Crippen LogP contribution in [0.2, 0.25) is 0 Å². The first-order valence-electron chi connectivity index (χ1n) is 6.92. The van der Waals surface area contributed by atoms with Crippen LogP contribution >= 0.6 is 0 Å². The number of nitrogens with zero attached hydrogens (tertiary/aromatic N) is 2. The molecule has 7 heteroatoms. The van der Waals surface area contributed by atoms with Gasteiger partial charge in [0.1, 0.15) is 12.2 Å². The molecule has 6 nitrogen and oxygen atoms in total. The molecule has 0 atom stereocenters. The van der Waals surface area contributed by atoms with Gasteiger partial charge in [-0.2, -0.15) is 0 Å². The van der Waals surface area contributed by atoms with Gasteiger partial charge in [-0.15, -0.1) is 0 Å². The fourth-order valence-electron chi connectivity index (χ4n) is 2.04. The van der Waals surface area contributed by atoms with Crippen molar-refractivity contribution in [1.82, 2.24) is 9.80 Å². The van der Waals surface area contributed by atoms with E-state index in [1.54, 1.807) is 0 Å². The van der Waals surface area contributed by atoms with Gasteiger partial charge < -0.3 is 29.6 Å². The Balaban J connectivity index is -0.000000295. The van der Waals surface area contributed by atoms with Gasteiger partial charge in [-0.05, 0) is 55.4 Å². The summed E-state index contributed by atoms with van der Waals surface area (Å²) in [5.74, 6) is 0. The van der Waals surface area contributed by atoms with E-state index in [0.29, 0.717) is 0 Å².